The number of aliphatic hydroxyl groups is 1. The van der Waals surface area contributed by atoms with Gasteiger partial charge in [0, 0.05) is 24.5 Å². The van der Waals surface area contributed by atoms with Gasteiger partial charge in [-0.15, -0.1) is 0 Å². The molecule has 0 aliphatic carbocycles. The highest BCUT2D eigenvalue weighted by Gasteiger charge is 2.39. The van der Waals surface area contributed by atoms with E-state index in [0.717, 1.165) is 16.3 Å². The van der Waals surface area contributed by atoms with Crippen molar-refractivity contribution in [1.29, 1.82) is 0 Å². The quantitative estimate of drug-likeness (QED) is 0.292. The molecule has 0 saturated carbocycles. The Bertz CT molecular complexity index is 1550. The van der Waals surface area contributed by atoms with Gasteiger partial charge in [-0.05, 0) is 48.5 Å². The van der Waals surface area contributed by atoms with Gasteiger partial charge >= 0.3 is 0 Å². The van der Waals surface area contributed by atoms with Crippen molar-refractivity contribution >= 4 is 40.9 Å². The van der Waals surface area contributed by atoms with E-state index in [0.29, 0.717) is 48.6 Å². The summed E-state index contributed by atoms with van der Waals surface area (Å²) in [5.41, 5.74) is 3.29. The highest BCUT2D eigenvalue weighted by Crippen LogP contribution is 2.25. The van der Waals surface area contributed by atoms with Crippen LogP contribution in [0.2, 0.25) is 0 Å². The molecule has 3 aromatic rings. The number of hydrogen-bond donors (Lipinski definition) is 2. The number of benzene rings is 3. The highest BCUT2D eigenvalue weighted by atomic mass is 16.6. The molecular formula is C32H30N4O8. The summed E-state index contributed by atoms with van der Waals surface area (Å²) in [6, 6.07) is 20.8. The summed E-state index contributed by atoms with van der Waals surface area (Å²) in [5, 5.41) is 13.4. The first kappa shape index (κ1) is 29.2. The molecular weight excluding hydrogens is 568 g/mol. The number of anilines is 2. The maximum absolute atomic E-state index is 12.4. The summed E-state index contributed by atoms with van der Waals surface area (Å²) in [6.45, 7) is 2.23. The Morgan fingerprint density at radius 2 is 1.30 bits per heavy atom. The first-order valence-corrected chi connectivity index (χ1v) is 14.2. The smallest absolute Gasteiger partial charge is 0.261 e. The SMILES string of the molecule is O=C1c2ccccc2C(=O)N1C[C@H](O)CNc1ccc(N2CCOCC2=O)cc1.O=C1c2ccccc2C(=O)N1C[C@H]1CO1. The molecule has 0 aromatic heterocycles. The van der Waals surface area contributed by atoms with Gasteiger partial charge in [0.25, 0.3) is 29.5 Å². The number of carbonyl (C=O) groups excluding carboxylic acids is 5. The van der Waals surface area contributed by atoms with Gasteiger partial charge in [0.1, 0.15) is 6.61 Å². The van der Waals surface area contributed by atoms with Gasteiger partial charge in [-0.2, -0.15) is 0 Å². The summed E-state index contributed by atoms with van der Waals surface area (Å²) >= 11 is 0. The second-order valence-electron chi connectivity index (χ2n) is 10.7. The van der Waals surface area contributed by atoms with Gasteiger partial charge in [-0.1, -0.05) is 24.3 Å². The number of epoxide rings is 1. The second-order valence-corrected chi connectivity index (χ2v) is 10.7. The average Bonchev–Trinajstić information content (AvgIpc) is 3.81. The van der Waals surface area contributed by atoms with Crippen LogP contribution in [0.3, 0.4) is 0 Å². The zero-order valence-corrected chi connectivity index (χ0v) is 23.7. The number of ether oxygens (including phenoxy) is 2. The van der Waals surface area contributed by atoms with Crippen LogP contribution in [0.1, 0.15) is 41.4 Å². The lowest BCUT2D eigenvalue weighted by atomic mass is 10.1. The number of hydrogen-bond acceptors (Lipinski definition) is 9. The Morgan fingerprint density at radius 1 is 0.773 bits per heavy atom. The van der Waals surface area contributed by atoms with E-state index >= 15 is 0 Å². The number of fused-ring (bicyclic) bond motifs is 2. The molecule has 4 aliphatic heterocycles. The minimum Gasteiger partial charge on any atom is -0.389 e. The number of rotatable bonds is 8. The third kappa shape index (κ3) is 5.95. The second kappa shape index (κ2) is 12.4. The van der Waals surface area contributed by atoms with Crippen molar-refractivity contribution < 1.29 is 38.6 Å². The van der Waals surface area contributed by atoms with Crippen LogP contribution in [0, 0.1) is 0 Å². The number of morpholine rings is 1. The summed E-state index contributed by atoms with van der Waals surface area (Å²) in [5.74, 6) is -1.25. The number of nitrogens with one attached hydrogen (secondary N) is 1. The highest BCUT2D eigenvalue weighted by molar-refractivity contribution is 6.22. The third-order valence-electron chi connectivity index (χ3n) is 7.64. The molecule has 2 atom stereocenters. The van der Waals surface area contributed by atoms with Gasteiger partial charge in [0.2, 0.25) is 0 Å². The molecule has 3 aromatic carbocycles. The van der Waals surface area contributed by atoms with Crippen molar-refractivity contribution in [2.45, 2.75) is 12.2 Å². The number of aliphatic hydroxyl groups excluding tert-OH is 1. The van der Waals surface area contributed by atoms with Crippen molar-refractivity contribution in [3.8, 4) is 0 Å². The van der Waals surface area contributed by atoms with Crippen LogP contribution in [-0.4, -0.2) is 103 Å². The summed E-state index contributed by atoms with van der Waals surface area (Å²) in [6.07, 6.45) is -0.870. The van der Waals surface area contributed by atoms with Crippen molar-refractivity contribution in [3.05, 3.63) is 95.1 Å². The molecule has 0 unspecified atom stereocenters. The minimum atomic E-state index is -0.919. The van der Waals surface area contributed by atoms with E-state index in [4.69, 9.17) is 9.47 Å². The molecule has 2 fully saturated rings. The monoisotopic (exact) mass is 598 g/mol. The number of β-amino-alcohol motifs (C(OH)–C–C–N with tert-alkyl or cyclic N) is 1. The molecule has 2 saturated heterocycles. The summed E-state index contributed by atoms with van der Waals surface area (Å²) in [4.78, 5) is 64.3. The zero-order chi connectivity index (χ0) is 30.8. The molecule has 226 valence electrons. The van der Waals surface area contributed by atoms with Crippen LogP contribution in [0.4, 0.5) is 11.4 Å². The maximum Gasteiger partial charge on any atom is 0.261 e. The predicted octanol–water partition coefficient (Wildman–Crippen LogP) is 1.80. The predicted molar refractivity (Wildman–Crippen MR) is 157 cm³/mol. The van der Waals surface area contributed by atoms with Crippen LogP contribution in [0.15, 0.2) is 72.8 Å². The van der Waals surface area contributed by atoms with Gasteiger partial charge in [0.05, 0.1) is 60.8 Å². The van der Waals surface area contributed by atoms with Crippen LogP contribution in [0.5, 0.6) is 0 Å². The number of carbonyl (C=O) groups is 5. The lowest BCUT2D eigenvalue weighted by Gasteiger charge is -2.27. The van der Waals surface area contributed by atoms with Crippen molar-refractivity contribution in [2.75, 3.05) is 56.2 Å². The Labute approximate surface area is 252 Å². The maximum atomic E-state index is 12.4. The molecule has 7 rings (SSSR count). The molecule has 2 N–H and O–H groups in total. The van der Waals surface area contributed by atoms with Crippen LogP contribution in [0.25, 0.3) is 0 Å². The van der Waals surface area contributed by atoms with Gasteiger partial charge in [-0.25, -0.2) is 0 Å². The largest absolute Gasteiger partial charge is 0.389 e. The minimum absolute atomic E-state index is 0.0483. The number of imide groups is 2. The van der Waals surface area contributed by atoms with Crippen molar-refractivity contribution in [1.82, 2.24) is 9.80 Å². The molecule has 4 aliphatic rings. The molecule has 0 spiro atoms. The fourth-order valence-corrected chi connectivity index (χ4v) is 5.25. The molecule has 0 radical (unpaired) electrons. The standard InChI is InChI=1S/C21H21N3O5.C11H9NO3/c25-16(12-24-20(27)17-3-1-2-4-18(17)21(24)28)11-22-14-5-7-15(8-6-14)23-9-10-29-13-19(23)26;13-10-8-3-1-2-4-9(8)11(14)12(10)5-7-6-15-7/h1-8,16,22,25H,9-13H2;1-4,7H,5-6H2/t16-;7-/m10/s1. The summed E-state index contributed by atoms with van der Waals surface area (Å²) < 4.78 is 10.1. The van der Waals surface area contributed by atoms with Crippen LogP contribution < -0.4 is 10.2 Å². The van der Waals surface area contributed by atoms with E-state index in [9.17, 15) is 29.1 Å². The number of nitrogens with zero attached hydrogens (tertiary/aromatic N) is 3. The van der Waals surface area contributed by atoms with Gasteiger partial charge in [0.15, 0.2) is 0 Å². The first-order valence-electron chi connectivity index (χ1n) is 14.2. The van der Waals surface area contributed by atoms with Gasteiger partial charge in [-0.3, -0.25) is 33.8 Å². The van der Waals surface area contributed by atoms with E-state index in [2.05, 4.69) is 5.32 Å². The fraction of sp³-hybridized carbons (Fsp3) is 0.281. The normalized spacial score (nSPS) is 19.4. The zero-order valence-electron chi connectivity index (χ0n) is 23.7. The van der Waals surface area contributed by atoms with Crippen LogP contribution >= 0.6 is 0 Å². The topological polar surface area (TPSA) is 149 Å². The van der Waals surface area contributed by atoms with Crippen molar-refractivity contribution in [3.63, 3.8) is 0 Å². The Morgan fingerprint density at radius 3 is 1.80 bits per heavy atom. The van der Waals surface area contributed by atoms with E-state index < -0.39 is 6.10 Å². The average molecular weight is 599 g/mol. The summed E-state index contributed by atoms with van der Waals surface area (Å²) in [7, 11) is 0. The number of amides is 5. The Balaban J connectivity index is 0.000000190. The van der Waals surface area contributed by atoms with E-state index in [1.54, 1.807) is 53.4 Å². The third-order valence-corrected chi connectivity index (χ3v) is 7.64. The van der Waals surface area contributed by atoms with Gasteiger partial charge < -0.3 is 24.8 Å². The molecule has 0 bridgehead atoms. The fourth-order valence-electron chi connectivity index (χ4n) is 5.25. The lowest BCUT2D eigenvalue weighted by Crippen LogP contribution is -2.41. The van der Waals surface area contributed by atoms with E-state index in [-0.39, 0.29) is 55.3 Å². The van der Waals surface area contributed by atoms with Crippen LogP contribution in [-0.2, 0) is 14.3 Å². The Hall–Kier alpha value is -4.91. The molecule has 4 heterocycles. The molecule has 44 heavy (non-hydrogen) atoms. The molecule has 5 amide bonds. The first-order chi connectivity index (χ1) is 21.3. The lowest BCUT2D eigenvalue weighted by molar-refractivity contribution is -0.125. The Kier molecular flexibility index (Phi) is 8.20. The molecule has 12 heteroatoms. The van der Waals surface area contributed by atoms with E-state index in [1.165, 1.54) is 4.90 Å². The van der Waals surface area contributed by atoms with Crippen molar-refractivity contribution in [2.24, 2.45) is 0 Å². The van der Waals surface area contributed by atoms with E-state index in [1.807, 2.05) is 24.3 Å². The molecule has 12 nitrogen and oxygen atoms in total.